The van der Waals surface area contributed by atoms with Crippen molar-refractivity contribution in [3.8, 4) is 16.9 Å². The van der Waals surface area contributed by atoms with E-state index >= 15 is 0 Å². The first-order valence-corrected chi connectivity index (χ1v) is 15.3. The third-order valence-electron chi connectivity index (χ3n) is 6.28. The van der Waals surface area contributed by atoms with Crippen LogP contribution in [0.5, 0.6) is 5.75 Å². The highest BCUT2D eigenvalue weighted by molar-refractivity contribution is 7.91. The number of carboxylic acid groups (broad SMARTS) is 1. The van der Waals surface area contributed by atoms with Crippen LogP contribution < -0.4 is 10.1 Å². The number of aliphatic carboxylic acids is 1. The summed E-state index contributed by atoms with van der Waals surface area (Å²) >= 11 is -1.45. The molecular formula is C34H38N2O7S. The minimum atomic E-state index is -1.45. The first-order valence-electron chi connectivity index (χ1n) is 14.2. The van der Waals surface area contributed by atoms with Gasteiger partial charge in [0.25, 0.3) is 0 Å². The van der Waals surface area contributed by atoms with Crippen LogP contribution in [0, 0.1) is 0 Å². The number of alkyl carbamates (subject to hydrolysis) is 1. The number of hydrogen-bond donors (Lipinski definition) is 2. The molecule has 44 heavy (non-hydrogen) atoms. The van der Waals surface area contributed by atoms with Gasteiger partial charge in [-0.3, -0.25) is 4.79 Å². The Labute approximate surface area is 260 Å². The fourth-order valence-corrected chi connectivity index (χ4v) is 4.82. The number of nitrogens with zero attached hydrogens (tertiary/aromatic N) is 1. The summed E-state index contributed by atoms with van der Waals surface area (Å²) in [5.74, 6) is 0.00804. The van der Waals surface area contributed by atoms with Crippen molar-refractivity contribution in [2.24, 2.45) is 4.40 Å². The first kappa shape index (κ1) is 32.6. The fraction of sp³-hybridized carbons (Fsp3) is 0.324. The van der Waals surface area contributed by atoms with E-state index in [1.807, 2.05) is 84.0 Å². The second-order valence-electron chi connectivity index (χ2n) is 12.3. The van der Waals surface area contributed by atoms with Gasteiger partial charge in [0.05, 0.1) is 6.42 Å². The molecule has 4 rings (SSSR count). The molecule has 9 nitrogen and oxygen atoms in total. The van der Waals surface area contributed by atoms with E-state index in [9.17, 15) is 19.2 Å². The monoisotopic (exact) mass is 618 g/mol. The van der Waals surface area contributed by atoms with Crippen LogP contribution in [0.1, 0.15) is 64.0 Å². The Morgan fingerprint density at radius 2 is 1.75 bits per heavy atom. The molecule has 4 aromatic rings. The van der Waals surface area contributed by atoms with Crippen molar-refractivity contribution in [1.82, 2.24) is 5.32 Å². The van der Waals surface area contributed by atoms with Crippen molar-refractivity contribution >= 4 is 40.6 Å². The van der Waals surface area contributed by atoms with Crippen LogP contribution in [0.15, 0.2) is 75.5 Å². The molecule has 1 atom stereocenters. The number of amides is 1. The predicted molar refractivity (Wildman–Crippen MR) is 172 cm³/mol. The zero-order valence-electron chi connectivity index (χ0n) is 25.8. The second-order valence-corrected chi connectivity index (χ2v) is 14.3. The number of fused-ring (bicyclic) bond motifs is 1. The molecule has 0 saturated carbocycles. The van der Waals surface area contributed by atoms with Crippen molar-refractivity contribution in [3.63, 3.8) is 0 Å². The molecule has 1 unspecified atom stereocenters. The van der Waals surface area contributed by atoms with E-state index in [-0.39, 0.29) is 19.6 Å². The van der Waals surface area contributed by atoms with E-state index in [0.29, 0.717) is 22.7 Å². The third kappa shape index (κ3) is 9.11. The van der Waals surface area contributed by atoms with E-state index in [1.165, 1.54) is 6.21 Å². The Balaban J connectivity index is 1.68. The Morgan fingerprint density at radius 1 is 1.00 bits per heavy atom. The van der Waals surface area contributed by atoms with Gasteiger partial charge in [0.15, 0.2) is 5.76 Å². The molecule has 1 heterocycles. The smallest absolute Gasteiger partial charge is 0.407 e. The lowest BCUT2D eigenvalue weighted by atomic mass is 9.99. The molecule has 232 valence electrons. The van der Waals surface area contributed by atoms with Crippen molar-refractivity contribution in [3.05, 3.63) is 89.2 Å². The maximum absolute atomic E-state index is 12.5. The van der Waals surface area contributed by atoms with Crippen molar-refractivity contribution in [2.75, 3.05) is 0 Å². The van der Waals surface area contributed by atoms with Gasteiger partial charge in [-0.15, -0.1) is 0 Å². The van der Waals surface area contributed by atoms with Gasteiger partial charge in [0.2, 0.25) is 0 Å². The molecule has 1 aromatic heterocycles. The van der Waals surface area contributed by atoms with Gasteiger partial charge in [-0.25, -0.2) is 4.79 Å². The molecular weight excluding hydrogens is 580 g/mol. The lowest BCUT2D eigenvalue weighted by Gasteiger charge is -2.19. The van der Waals surface area contributed by atoms with Gasteiger partial charge in [0.1, 0.15) is 45.9 Å². The summed E-state index contributed by atoms with van der Waals surface area (Å²) in [5, 5.41) is 12.9. The molecule has 2 N–H and O–H groups in total. The quantitative estimate of drug-likeness (QED) is 0.142. The minimum Gasteiger partial charge on any atom is -0.591 e. The average Bonchev–Trinajstić information content (AvgIpc) is 3.35. The molecule has 0 spiro atoms. The molecule has 10 heteroatoms. The number of hydrogen-bond acceptors (Lipinski definition) is 7. The Hall–Kier alpha value is -4.28. The largest absolute Gasteiger partial charge is 0.591 e. The zero-order chi connectivity index (χ0) is 32.1. The lowest BCUT2D eigenvalue weighted by Crippen LogP contribution is -2.32. The summed E-state index contributed by atoms with van der Waals surface area (Å²) in [6.45, 7) is 11.4. The number of carbonyl (C=O) groups excluding carboxylic acids is 1. The van der Waals surface area contributed by atoms with Gasteiger partial charge < -0.3 is 28.9 Å². The third-order valence-corrected chi connectivity index (χ3v) is 7.62. The highest BCUT2D eigenvalue weighted by Crippen LogP contribution is 2.34. The van der Waals surface area contributed by atoms with Crippen LogP contribution >= 0.6 is 0 Å². The van der Waals surface area contributed by atoms with Crippen molar-refractivity contribution < 1.29 is 33.1 Å². The Bertz CT molecular complexity index is 1660. The molecule has 0 bridgehead atoms. The molecule has 3 aromatic carbocycles. The molecule has 0 aliphatic carbocycles. The standard InChI is InChI=1S/C34H38N2O7S/c1-33(2,3)43-32(39)35-19-22-10-9-12-24(14-22)28-16-23(21-41-29-13-8-7-11-25(29)18-30(37)38)15-26-17-27(42-31(26)28)20-36-44(40)34(4,5)6/h7-17,20H,18-19,21H2,1-6H3,(H,35,39)(H,37,38)/b36-20+. The number of carboxylic acids is 1. The van der Waals surface area contributed by atoms with Gasteiger partial charge in [0, 0.05) is 23.1 Å². The number of benzene rings is 3. The van der Waals surface area contributed by atoms with Crippen molar-refractivity contribution in [1.29, 1.82) is 0 Å². The highest BCUT2D eigenvalue weighted by Gasteiger charge is 2.26. The SMILES string of the molecule is CC(C)(C)OC(=O)NCc1cccc(-c2cc(COc3ccccc3CC(=O)O)cc3cc(/C=N/[S+]([O-])C(C)(C)C)oc23)c1. The van der Waals surface area contributed by atoms with E-state index in [2.05, 4.69) is 9.71 Å². The molecule has 0 fully saturated rings. The van der Waals surface area contributed by atoms with E-state index in [4.69, 9.17) is 13.9 Å². The number of furan rings is 1. The molecule has 0 saturated heterocycles. The number of ether oxygens (including phenoxy) is 2. The Kier molecular flexibility index (Phi) is 10.1. The van der Waals surface area contributed by atoms with Crippen LogP contribution in [0.4, 0.5) is 4.79 Å². The molecule has 0 radical (unpaired) electrons. The van der Waals surface area contributed by atoms with E-state index < -0.39 is 33.8 Å². The predicted octanol–water partition coefficient (Wildman–Crippen LogP) is 7.21. The highest BCUT2D eigenvalue weighted by atomic mass is 32.2. The number of para-hydroxylation sites is 1. The fourth-order valence-electron chi connectivity index (χ4n) is 4.31. The maximum atomic E-state index is 12.5. The average molecular weight is 619 g/mol. The summed E-state index contributed by atoms with van der Waals surface area (Å²) in [6, 6.07) is 20.5. The number of rotatable bonds is 10. The van der Waals surface area contributed by atoms with Crippen molar-refractivity contribution in [2.45, 2.75) is 71.5 Å². The topological polar surface area (TPSA) is 133 Å². The maximum Gasteiger partial charge on any atom is 0.407 e. The summed E-state index contributed by atoms with van der Waals surface area (Å²) in [5.41, 5.74) is 3.92. The molecule has 0 aliphatic heterocycles. The van der Waals surface area contributed by atoms with Crippen LogP contribution in [0.2, 0.25) is 0 Å². The van der Waals surface area contributed by atoms with Crippen LogP contribution in [-0.2, 0) is 40.5 Å². The normalized spacial score (nSPS) is 12.8. The summed E-state index contributed by atoms with van der Waals surface area (Å²) in [6.07, 6.45) is 0.825. The molecule has 1 amide bonds. The second kappa shape index (κ2) is 13.6. The summed E-state index contributed by atoms with van der Waals surface area (Å²) in [7, 11) is 0. The summed E-state index contributed by atoms with van der Waals surface area (Å²) < 4.78 is 33.9. The van der Waals surface area contributed by atoms with E-state index in [1.54, 1.807) is 24.3 Å². The first-order chi connectivity index (χ1) is 20.7. The van der Waals surface area contributed by atoms with Gasteiger partial charge in [-0.1, -0.05) is 40.8 Å². The van der Waals surface area contributed by atoms with Crippen LogP contribution in [-0.4, -0.2) is 38.3 Å². The Morgan fingerprint density at radius 3 is 2.45 bits per heavy atom. The van der Waals surface area contributed by atoms with Gasteiger partial charge in [-0.05, 0) is 88.6 Å². The number of carbonyl (C=O) groups is 2. The summed E-state index contributed by atoms with van der Waals surface area (Å²) in [4.78, 5) is 23.6. The molecule has 0 aliphatic rings. The van der Waals surface area contributed by atoms with Gasteiger partial charge in [-0.2, -0.15) is 0 Å². The van der Waals surface area contributed by atoms with Crippen LogP contribution in [0.25, 0.3) is 22.1 Å². The zero-order valence-corrected chi connectivity index (χ0v) is 26.6. The van der Waals surface area contributed by atoms with E-state index in [0.717, 1.165) is 27.6 Å². The lowest BCUT2D eigenvalue weighted by molar-refractivity contribution is -0.136. The number of nitrogens with one attached hydrogen (secondary N) is 1. The van der Waals surface area contributed by atoms with Crippen LogP contribution in [0.3, 0.4) is 0 Å². The minimum absolute atomic E-state index is 0.148. The van der Waals surface area contributed by atoms with Gasteiger partial charge >= 0.3 is 12.1 Å².